The smallest absolute Gasteiger partial charge is 0.0702 e. The van der Waals surface area contributed by atoms with Gasteiger partial charge in [0, 0.05) is 11.8 Å². The van der Waals surface area contributed by atoms with Gasteiger partial charge in [0.2, 0.25) is 0 Å². The summed E-state index contributed by atoms with van der Waals surface area (Å²) in [6.07, 6.45) is 9.62. The number of rotatable bonds is 5. The third-order valence-corrected chi connectivity index (χ3v) is 7.61. The molecule has 3 rings (SSSR count). The van der Waals surface area contributed by atoms with Crippen LogP contribution in [-0.2, 0) is 10.8 Å². The van der Waals surface area contributed by atoms with Crippen molar-refractivity contribution < 1.29 is 0 Å². The average Bonchev–Trinajstić information content (AvgIpc) is 2.70. The van der Waals surface area contributed by atoms with Crippen molar-refractivity contribution in [2.24, 2.45) is 5.41 Å². The molecule has 27 heavy (non-hydrogen) atoms. The number of hydrogen-bond acceptors (Lipinski definition) is 1. The number of aromatic nitrogens is 1. The Morgan fingerprint density at radius 1 is 0.852 bits per heavy atom. The van der Waals surface area contributed by atoms with E-state index in [0.29, 0.717) is 5.41 Å². The highest BCUT2D eigenvalue weighted by molar-refractivity contribution is 5.60. The van der Waals surface area contributed by atoms with E-state index < -0.39 is 0 Å². The van der Waals surface area contributed by atoms with Crippen LogP contribution in [0.3, 0.4) is 0 Å². The van der Waals surface area contributed by atoms with E-state index in [-0.39, 0.29) is 10.8 Å². The third-order valence-electron chi connectivity index (χ3n) is 7.61. The summed E-state index contributed by atoms with van der Waals surface area (Å²) in [6.45, 7) is 14.2. The molecule has 1 aromatic carbocycles. The Balaban J connectivity index is 1.78. The van der Waals surface area contributed by atoms with Gasteiger partial charge in [-0.2, -0.15) is 0 Å². The van der Waals surface area contributed by atoms with E-state index >= 15 is 0 Å². The molecule has 0 bridgehead atoms. The maximum Gasteiger partial charge on any atom is 0.0702 e. The Kier molecular flexibility index (Phi) is 5.52. The van der Waals surface area contributed by atoms with Crippen molar-refractivity contribution in [2.45, 2.75) is 90.9 Å². The molecule has 1 fully saturated rings. The maximum absolute atomic E-state index is 4.84. The Labute approximate surface area is 166 Å². The molecule has 146 valence electrons. The molecule has 0 amide bonds. The van der Waals surface area contributed by atoms with Crippen molar-refractivity contribution in [1.29, 1.82) is 0 Å². The zero-order chi connectivity index (χ0) is 19.7. The molecule has 0 atom stereocenters. The molecule has 0 aliphatic heterocycles. The van der Waals surface area contributed by atoms with Crippen molar-refractivity contribution in [2.75, 3.05) is 0 Å². The van der Waals surface area contributed by atoms with Gasteiger partial charge < -0.3 is 0 Å². The highest BCUT2D eigenvalue weighted by Gasteiger charge is 2.36. The molecule has 1 saturated carbocycles. The summed E-state index contributed by atoms with van der Waals surface area (Å²) in [5.41, 5.74) is 6.21. The zero-order valence-corrected chi connectivity index (χ0v) is 18.2. The Morgan fingerprint density at radius 2 is 1.44 bits per heavy atom. The Bertz CT molecular complexity index is 738. The molecule has 0 N–H and O–H groups in total. The highest BCUT2D eigenvalue weighted by Crippen LogP contribution is 2.46. The summed E-state index contributed by atoms with van der Waals surface area (Å²) < 4.78 is 0. The molecule has 1 aromatic heterocycles. The van der Waals surface area contributed by atoms with Gasteiger partial charge in [0.25, 0.3) is 0 Å². The van der Waals surface area contributed by atoms with Gasteiger partial charge >= 0.3 is 0 Å². The minimum Gasteiger partial charge on any atom is -0.256 e. The number of nitrogens with zero attached hydrogens (tertiary/aromatic N) is 1. The first-order valence-electron chi connectivity index (χ1n) is 10.8. The number of pyridine rings is 1. The highest BCUT2D eigenvalue weighted by atomic mass is 14.7. The fraction of sp³-hybridized carbons (Fsp3) is 0.577. The van der Waals surface area contributed by atoms with Crippen LogP contribution < -0.4 is 0 Å². The SMILES string of the molecule is CCC(C)(CC)c1ccc(-c2ccc(C3(C)CCC(C)(C)CC3)cn2)cc1. The average molecular weight is 364 g/mol. The Morgan fingerprint density at radius 3 is 1.93 bits per heavy atom. The van der Waals surface area contributed by atoms with Crippen LogP contribution in [0.25, 0.3) is 11.3 Å². The van der Waals surface area contributed by atoms with Gasteiger partial charge in [-0.05, 0) is 72.0 Å². The predicted octanol–water partition coefficient (Wildman–Crippen LogP) is 7.68. The van der Waals surface area contributed by atoms with Crippen LogP contribution in [-0.4, -0.2) is 4.98 Å². The van der Waals surface area contributed by atoms with Gasteiger partial charge in [0.15, 0.2) is 0 Å². The van der Waals surface area contributed by atoms with E-state index in [1.807, 2.05) is 0 Å². The lowest BCUT2D eigenvalue weighted by molar-refractivity contribution is 0.173. The summed E-state index contributed by atoms with van der Waals surface area (Å²) >= 11 is 0. The lowest BCUT2D eigenvalue weighted by Gasteiger charge is -2.41. The van der Waals surface area contributed by atoms with Crippen LogP contribution in [0.1, 0.15) is 91.2 Å². The maximum atomic E-state index is 4.84. The molecule has 1 aliphatic rings. The van der Waals surface area contributed by atoms with E-state index in [2.05, 4.69) is 84.1 Å². The Hall–Kier alpha value is -1.63. The second-order valence-corrected chi connectivity index (χ2v) is 10.0. The minimum atomic E-state index is 0.277. The van der Waals surface area contributed by atoms with E-state index in [0.717, 1.165) is 5.69 Å². The first kappa shape index (κ1) is 20.1. The normalized spacial score (nSPS) is 19.0. The second kappa shape index (κ2) is 7.41. The van der Waals surface area contributed by atoms with Crippen LogP contribution in [0.15, 0.2) is 42.6 Å². The molecule has 1 heterocycles. The van der Waals surface area contributed by atoms with E-state index in [4.69, 9.17) is 4.98 Å². The summed E-state index contributed by atoms with van der Waals surface area (Å²) in [4.78, 5) is 4.84. The van der Waals surface area contributed by atoms with Crippen LogP contribution >= 0.6 is 0 Å². The molecule has 1 aliphatic carbocycles. The summed E-state index contributed by atoms with van der Waals surface area (Å²) in [7, 11) is 0. The third kappa shape index (κ3) is 4.13. The van der Waals surface area contributed by atoms with Crippen molar-refractivity contribution in [3.63, 3.8) is 0 Å². The van der Waals surface area contributed by atoms with Gasteiger partial charge in [-0.25, -0.2) is 0 Å². The minimum absolute atomic E-state index is 0.277. The van der Waals surface area contributed by atoms with Crippen molar-refractivity contribution in [3.8, 4) is 11.3 Å². The molecule has 0 unspecified atom stereocenters. The second-order valence-electron chi connectivity index (χ2n) is 10.0. The molecule has 0 radical (unpaired) electrons. The topological polar surface area (TPSA) is 12.9 Å². The molecule has 1 heteroatoms. The first-order chi connectivity index (χ1) is 12.7. The predicted molar refractivity (Wildman–Crippen MR) is 117 cm³/mol. The standard InChI is InChI=1S/C26H37N/c1-7-25(5,8-2)21-11-9-20(10-12-21)23-14-13-22(19-27-23)26(6)17-15-24(3,4)16-18-26/h9-14,19H,7-8,15-18H2,1-6H3. The molecule has 0 saturated heterocycles. The van der Waals surface area contributed by atoms with Crippen LogP contribution in [0, 0.1) is 5.41 Å². The summed E-state index contributed by atoms with van der Waals surface area (Å²) in [5.74, 6) is 0. The number of benzene rings is 1. The largest absolute Gasteiger partial charge is 0.256 e. The van der Waals surface area contributed by atoms with Crippen molar-refractivity contribution in [3.05, 3.63) is 53.7 Å². The summed E-state index contributed by atoms with van der Waals surface area (Å²) in [5, 5.41) is 0. The number of hydrogen-bond donors (Lipinski definition) is 0. The summed E-state index contributed by atoms with van der Waals surface area (Å²) in [6, 6.07) is 13.6. The van der Waals surface area contributed by atoms with Gasteiger partial charge in [0.1, 0.15) is 0 Å². The lowest BCUT2D eigenvalue weighted by atomic mass is 9.64. The first-order valence-corrected chi connectivity index (χ1v) is 10.8. The van der Waals surface area contributed by atoms with E-state index in [9.17, 15) is 0 Å². The van der Waals surface area contributed by atoms with Crippen LogP contribution in [0.2, 0.25) is 0 Å². The van der Waals surface area contributed by atoms with Crippen LogP contribution in [0.4, 0.5) is 0 Å². The fourth-order valence-electron chi connectivity index (χ4n) is 4.39. The monoisotopic (exact) mass is 363 g/mol. The van der Waals surface area contributed by atoms with Crippen molar-refractivity contribution in [1.82, 2.24) is 4.98 Å². The lowest BCUT2D eigenvalue weighted by Crippen LogP contribution is -2.32. The van der Waals surface area contributed by atoms with Crippen molar-refractivity contribution >= 4 is 0 Å². The molecular formula is C26H37N. The molecule has 2 aromatic rings. The van der Waals surface area contributed by atoms with Gasteiger partial charge in [-0.15, -0.1) is 0 Å². The van der Waals surface area contributed by atoms with Gasteiger partial charge in [-0.1, -0.05) is 71.9 Å². The molecular weight excluding hydrogens is 326 g/mol. The van der Waals surface area contributed by atoms with E-state index in [1.54, 1.807) is 0 Å². The zero-order valence-electron chi connectivity index (χ0n) is 18.2. The van der Waals surface area contributed by atoms with Gasteiger partial charge in [0.05, 0.1) is 5.69 Å². The van der Waals surface area contributed by atoms with E-state index in [1.165, 1.54) is 55.2 Å². The fourth-order valence-corrected chi connectivity index (χ4v) is 4.39. The quantitative estimate of drug-likeness (QED) is 0.530. The van der Waals surface area contributed by atoms with Gasteiger partial charge in [-0.3, -0.25) is 4.98 Å². The molecule has 0 spiro atoms. The molecule has 1 nitrogen and oxygen atoms in total. The van der Waals surface area contributed by atoms with Crippen LogP contribution in [0.5, 0.6) is 0 Å².